The zero-order valence-electron chi connectivity index (χ0n) is 12.6. The SMILES string of the molecule is CCOCC(=O)N1CCC(F)(c2cccc(OC)c2)CC1. The highest BCUT2D eigenvalue weighted by Gasteiger charge is 2.37. The molecule has 0 aliphatic carbocycles. The third-order valence-corrected chi connectivity index (χ3v) is 3.93. The van der Waals surface area contributed by atoms with Crippen LogP contribution >= 0.6 is 0 Å². The Morgan fingerprint density at radius 3 is 2.71 bits per heavy atom. The molecule has 1 aromatic carbocycles. The number of hydrogen-bond donors (Lipinski definition) is 0. The maximum Gasteiger partial charge on any atom is 0.248 e. The van der Waals surface area contributed by atoms with E-state index in [1.165, 1.54) is 0 Å². The predicted molar refractivity (Wildman–Crippen MR) is 78.1 cm³/mol. The normalized spacial score (nSPS) is 17.6. The van der Waals surface area contributed by atoms with Crippen LogP contribution in [0.4, 0.5) is 4.39 Å². The van der Waals surface area contributed by atoms with E-state index in [0.717, 1.165) is 0 Å². The van der Waals surface area contributed by atoms with Crippen molar-refractivity contribution in [2.24, 2.45) is 0 Å². The molecule has 5 heteroatoms. The maximum absolute atomic E-state index is 15.1. The highest BCUT2D eigenvalue weighted by molar-refractivity contribution is 5.77. The first kappa shape index (κ1) is 15.8. The topological polar surface area (TPSA) is 38.8 Å². The van der Waals surface area contributed by atoms with Crippen molar-refractivity contribution in [2.75, 3.05) is 33.4 Å². The molecule has 4 nitrogen and oxygen atoms in total. The number of rotatable bonds is 5. The van der Waals surface area contributed by atoms with Crippen molar-refractivity contribution in [3.8, 4) is 5.75 Å². The van der Waals surface area contributed by atoms with E-state index < -0.39 is 5.67 Å². The van der Waals surface area contributed by atoms with Crippen molar-refractivity contribution in [3.05, 3.63) is 29.8 Å². The number of amides is 1. The second kappa shape index (κ2) is 6.89. The number of hydrogen-bond acceptors (Lipinski definition) is 3. The van der Waals surface area contributed by atoms with E-state index >= 15 is 4.39 Å². The fourth-order valence-corrected chi connectivity index (χ4v) is 2.58. The molecule has 1 heterocycles. The number of carbonyl (C=O) groups excluding carboxylic acids is 1. The molecular formula is C16H22FNO3. The summed E-state index contributed by atoms with van der Waals surface area (Å²) in [5.41, 5.74) is -0.768. The van der Waals surface area contributed by atoms with Gasteiger partial charge in [-0.1, -0.05) is 12.1 Å². The summed E-state index contributed by atoms with van der Waals surface area (Å²) >= 11 is 0. The first-order chi connectivity index (χ1) is 10.1. The van der Waals surface area contributed by atoms with Crippen LogP contribution in [0.1, 0.15) is 25.3 Å². The van der Waals surface area contributed by atoms with Crippen LogP contribution < -0.4 is 4.74 Å². The van der Waals surface area contributed by atoms with E-state index in [1.807, 2.05) is 6.92 Å². The molecule has 0 bridgehead atoms. The molecule has 0 aromatic heterocycles. The van der Waals surface area contributed by atoms with Gasteiger partial charge in [0.25, 0.3) is 0 Å². The molecule has 1 aliphatic rings. The molecule has 0 radical (unpaired) electrons. The molecule has 1 fully saturated rings. The molecule has 1 aromatic rings. The van der Waals surface area contributed by atoms with Crippen LogP contribution in [-0.2, 0) is 15.2 Å². The second-order valence-electron chi connectivity index (χ2n) is 5.22. The molecule has 1 amide bonds. The number of piperidine rings is 1. The summed E-state index contributed by atoms with van der Waals surface area (Å²) in [4.78, 5) is 13.5. The minimum atomic E-state index is -1.39. The fraction of sp³-hybridized carbons (Fsp3) is 0.562. The van der Waals surface area contributed by atoms with E-state index in [1.54, 1.807) is 36.3 Å². The molecule has 1 saturated heterocycles. The molecule has 0 unspecified atom stereocenters. The van der Waals surface area contributed by atoms with Gasteiger partial charge in [-0.2, -0.15) is 0 Å². The lowest BCUT2D eigenvalue weighted by Gasteiger charge is -2.36. The lowest BCUT2D eigenvalue weighted by Crippen LogP contribution is -2.44. The number of likely N-dealkylation sites (tertiary alicyclic amines) is 1. The number of halogens is 1. The van der Waals surface area contributed by atoms with Gasteiger partial charge in [0.15, 0.2) is 0 Å². The Morgan fingerprint density at radius 2 is 2.10 bits per heavy atom. The summed E-state index contributed by atoms with van der Waals surface area (Å²) in [6.45, 7) is 3.27. The Balaban J connectivity index is 1.99. The predicted octanol–water partition coefficient (Wildman–Crippen LogP) is 2.52. The van der Waals surface area contributed by atoms with E-state index in [9.17, 15) is 4.79 Å². The second-order valence-corrected chi connectivity index (χ2v) is 5.22. The van der Waals surface area contributed by atoms with Crippen molar-refractivity contribution < 1.29 is 18.7 Å². The van der Waals surface area contributed by atoms with Gasteiger partial charge in [0.1, 0.15) is 18.0 Å². The van der Waals surface area contributed by atoms with Gasteiger partial charge in [-0.15, -0.1) is 0 Å². The summed E-state index contributed by atoms with van der Waals surface area (Å²) < 4.78 is 25.3. The van der Waals surface area contributed by atoms with E-state index in [2.05, 4.69) is 0 Å². The van der Waals surface area contributed by atoms with Crippen LogP contribution in [0.15, 0.2) is 24.3 Å². The smallest absolute Gasteiger partial charge is 0.248 e. The van der Waals surface area contributed by atoms with Crippen LogP contribution in [0.25, 0.3) is 0 Å². The molecule has 2 rings (SSSR count). The average Bonchev–Trinajstić information content (AvgIpc) is 2.53. The summed E-state index contributed by atoms with van der Waals surface area (Å²) in [6, 6.07) is 7.10. The van der Waals surface area contributed by atoms with Gasteiger partial charge in [-0.25, -0.2) is 4.39 Å². The Kier molecular flexibility index (Phi) is 5.17. The summed E-state index contributed by atoms with van der Waals surface area (Å²) in [7, 11) is 1.57. The zero-order chi connectivity index (χ0) is 15.3. The van der Waals surface area contributed by atoms with Crippen LogP contribution in [0, 0.1) is 0 Å². The van der Waals surface area contributed by atoms with Crippen LogP contribution in [0.3, 0.4) is 0 Å². The third-order valence-electron chi connectivity index (χ3n) is 3.93. The van der Waals surface area contributed by atoms with Gasteiger partial charge in [-0.05, 0) is 24.6 Å². The lowest BCUT2D eigenvalue weighted by atomic mass is 9.86. The Bertz CT molecular complexity index is 484. The molecule has 21 heavy (non-hydrogen) atoms. The number of nitrogens with zero attached hydrogens (tertiary/aromatic N) is 1. The molecule has 116 valence electrons. The minimum absolute atomic E-state index is 0.0652. The van der Waals surface area contributed by atoms with Gasteiger partial charge in [0.05, 0.1) is 7.11 Å². The Hall–Kier alpha value is -1.62. The van der Waals surface area contributed by atoms with E-state index in [0.29, 0.717) is 43.9 Å². The standard InChI is InChI=1S/C16H22FNO3/c1-3-21-12-15(19)18-9-7-16(17,8-10-18)13-5-4-6-14(11-13)20-2/h4-6,11H,3,7-10,12H2,1-2H3. The molecule has 0 spiro atoms. The average molecular weight is 295 g/mol. The van der Waals surface area contributed by atoms with Crippen molar-refractivity contribution >= 4 is 5.91 Å². The number of alkyl halides is 1. The van der Waals surface area contributed by atoms with Crippen molar-refractivity contribution in [1.29, 1.82) is 0 Å². The number of methoxy groups -OCH3 is 1. The largest absolute Gasteiger partial charge is 0.497 e. The summed E-state index contributed by atoms with van der Waals surface area (Å²) in [6.07, 6.45) is 0.607. The quantitative estimate of drug-likeness (QED) is 0.838. The van der Waals surface area contributed by atoms with E-state index in [4.69, 9.17) is 9.47 Å². The monoisotopic (exact) mass is 295 g/mol. The molecule has 0 atom stereocenters. The van der Waals surface area contributed by atoms with Crippen molar-refractivity contribution in [1.82, 2.24) is 4.90 Å². The number of ether oxygens (including phenoxy) is 2. The lowest BCUT2D eigenvalue weighted by molar-refractivity contribution is -0.138. The molecule has 1 aliphatic heterocycles. The minimum Gasteiger partial charge on any atom is -0.497 e. The first-order valence-corrected chi connectivity index (χ1v) is 7.28. The highest BCUT2D eigenvalue weighted by Crippen LogP contribution is 2.38. The molecule has 0 N–H and O–H groups in total. The number of carbonyl (C=O) groups is 1. The third kappa shape index (κ3) is 3.73. The van der Waals surface area contributed by atoms with Crippen LogP contribution in [0.2, 0.25) is 0 Å². The highest BCUT2D eigenvalue weighted by atomic mass is 19.1. The fourth-order valence-electron chi connectivity index (χ4n) is 2.58. The summed E-state index contributed by atoms with van der Waals surface area (Å²) in [5, 5.41) is 0. The molecular weight excluding hydrogens is 273 g/mol. The van der Waals surface area contributed by atoms with Gasteiger partial charge in [-0.3, -0.25) is 4.79 Å². The van der Waals surface area contributed by atoms with Gasteiger partial charge >= 0.3 is 0 Å². The van der Waals surface area contributed by atoms with Gasteiger partial charge in [0, 0.05) is 32.5 Å². The van der Waals surface area contributed by atoms with E-state index in [-0.39, 0.29) is 12.5 Å². The molecule has 0 saturated carbocycles. The number of benzene rings is 1. The van der Waals surface area contributed by atoms with Crippen LogP contribution in [0.5, 0.6) is 5.75 Å². The van der Waals surface area contributed by atoms with Crippen molar-refractivity contribution in [3.63, 3.8) is 0 Å². The maximum atomic E-state index is 15.1. The van der Waals surface area contributed by atoms with Crippen molar-refractivity contribution in [2.45, 2.75) is 25.4 Å². The Labute approximate surface area is 124 Å². The summed E-state index contributed by atoms with van der Waals surface area (Å²) in [5.74, 6) is 0.587. The zero-order valence-corrected chi connectivity index (χ0v) is 12.6. The van der Waals surface area contributed by atoms with Gasteiger partial charge in [0.2, 0.25) is 5.91 Å². The Morgan fingerprint density at radius 1 is 1.38 bits per heavy atom. The first-order valence-electron chi connectivity index (χ1n) is 7.28. The van der Waals surface area contributed by atoms with Gasteiger partial charge < -0.3 is 14.4 Å². The van der Waals surface area contributed by atoms with Crippen LogP contribution in [-0.4, -0.2) is 44.2 Å².